The van der Waals surface area contributed by atoms with Crippen LogP contribution in [0.15, 0.2) is 12.1 Å². The van der Waals surface area contributed by atoms with E-state index in [2.05, 4.69) is 18.7 Å². The topological polar surface area (TPSA) is 29.3 Å². The molecule has 0 bridgehead atoms. The molecule has 0 amide bonds. The molecule has 20 heavy (non-hydrogen) atoms. The van der Waals surface area contributed by atoms with Gasteiger partial charge >= 0.3 is 0 Å². The van der Waals surface area contributed by atoms with E-state index in [0.717, 1.165) is 19.5 Å². The lowest BCUT2D eigenvalue weighted by Crippen LogP contribution is -2.53. The van der Waals surface area contributed by atoms with Gasteiger partial charge in [-0.15, -0.1) is 0 Å². The lowest BCUT2D eigenvalue weighted by Gasteiger charge is -2.44. The van der Waals surface area contributed by atoms with Crippen molar-refractivity contribution in [2.45, 2.75) is 52.6 Å². The molecular weight excluding hydrogens is 258 g/mol. The molecule has 2 atom stereocenters. The second kappa shape index (κ2) is 6.64. The summed E-state index contributed by atoms with van der Waals surface area (Å²) in [7, 11) is 0. The van der Waals surface area contributed by atoms with Crippen LogP contribution in [0.25, 0.3) is 0 Å². The molecule has 114 valence electrons. The van der Waals surface area contributed by atoms with Gasteiger partial charge in [-0.3, -0.25) is 4.90 Å². The Morgan fingerprint density at radius 2 is 1.70 bits per heavy atom. The fourth-order valence-electron chi connectivity index (χ4n) is 2.82. The average molecular weight is 284 g/mol. The molecule has 0 radical (unpaired) electrons. The zero-order chi connectivity index (χ0) is 15.5. The van der Waals surface area contributed by atoms with Gasteiger partial charge in [0.1, 0.15) is 0 Å². The molecule has 0 fully saturated rings. The number of aryl methyl sites for hydroxylation is 1. The minimum Gasteiger partial charge on any atom is -0.322 e. The molecule has 2 unspecified atom stereocenters. The minimum absolute atomic E-state index is 0.254. The van der Waals surface area contributed by atoms with Crippen LogP contribution in [-0.4, -0.2) is 23.5 Å². The SMILES string of the molecule is CCN(CC)C(C)(CC)C(N)c1ccc(C)c(F)c1F. The zero-order valence-corrected chi connectivity index (χ0v) is 13.1. The number of halogens is 2. The highest BCUT2D eigenvalue weighted by Gasteiger charge is 2.37. The molecule has 0 saturated heterocycles. The van der Waals surface area contributed by atoms with Gasteiger partial charge in [0.25, 0.3) is 0 Å². The molecule has 0 spiro atoms. The smallest absolute Gasteiger partial charge is 0.163 e. The summed E-state index contributed by atoms with van der Waals surface area (Å²) in [6.07, 6.45) is 0.769. The first-order valence-corrected chi connectivity index (χ1v) is 7.28. The van der Waals surface area contributed by atoms with Crippen LogP contribution in [-0.2, 0) is 0 Å². The summed E-state index contributed by atoms with van der Waals surface area (Å²) in [6.45, 7) is 11.3. The summed E-state index contributed by atoms with van der Waals surface area (Å²) < 4.78 is 27.9. The predicted octanol–water partition coefficient (Wildman–Crippen LogP) is 3.78. The van der Waals surface area contributed by atoms with E-state index in [9.17, 15) is 8.78 Å². The van der Waals surface area contributed by atoms with Gasteiger partial charge in [-0.1, -0.05) is 32.9 Å². The Morgan fingerprint density at radius 1 is 1.15 bits per heavy atom. The van der Waals surface area contributed by atoms with Crippen LogP contribution in [0.4, 0.5) is 8.78 Å². The van der Waals surface area contributed by atoms with Crippen molar-refractivity contribution in [3.05, 3.63) is 34.9 Å². The Hall–Kier alpha value is -1.00. The molecule has 4 heteroatoms. The van der Waals surface area contributed by atoms with Crippen molar-refractivity contribution < 1.29 is 8.78 Å². The number of rotatable bonds is 6. The maximum Gasteiger partial charge on any atom is 0.163 e. The van der Waals surface area contributed by atoms with E-state index in [-0.39, 0.29) is 5.56 Å². The molecule has 2 N–H and O–H groups in total. The largest absolute Gasteiger partial charge is 0.322 e. The zero-order valence-electron chi connectivity index (χ0n) is 13.1. The normalized spacial score (nSPS) is 16.2. The third-order valence-corrected chi connectivity index (χ3v) is 4.51. The molecule has 1 aromatic rings. The third kappa shape index (κ3) is 2.86. The monoisotopic (exact) mass is 284 g/mol. The summed E-state index contributed by atoms with van der Waals surface area (Å²) in [5.74, 6) is -1.61. The van der Waals surface area contributed by atoms with Crippen LogP contribution in [0, 0.1) is 18.6 Å². The van der Waals surface area contributed by atoms with Gasteiger partial charge in [-0.2, -0.15) is 0 Å². The van der Waals surface area contributed by atoms with E-state index in [4.69, 9.17) is 5.73 Å². The summed E-state index contributed by atoms with van der Waals surface area (Å²) >= 11 is 0. The quantitative estimate of drug-likeness (QED) is 0.861. The molecule has 0 aliphatic heterocycles. The molecule has 0 saturated carbocycles. The molecule has 1 aromatic carbocycles. The van der Waals surface area contributed by atoms with Gasteiger partial charge in [0.05, 0.1) is 6.04 Å². The predicted molar refractivity (Wildman–Crippen MR) is 79.6 cm³/mol. The molecular formula is C16H26F2N2. The molecule has 1 rings (SSSR count). The maximum absolute atomic E-state index is 14.2. The van der Waals surface area contributed by atoms with Gasteiger partial charge in [-0.05, 0) is 38.9 Å². The number of nitrogens with zero attached hydrogens (tertiary/aromatic N) is 1. The Bertz CT molecular complexity index is 458. The van der Waals surface area contributed by atoms with E-state index in [0.29, 0.717) is 5.56 Å². The maximum atomic E-state index is 14.2. The van der Waals surface area contributed by atoms with E-state index in [1.165, 1.54) is 0 Å². The van der Waals surface area contributed by atoms with E-state index in [1.807, 2.05) is 13.8 Å². The number of likely N-dealkylation sites (N-methyl/N-ethyl adjacent to an activating group) is 1. The Kier molecular flexibility index (Phi) is 5.66. The van der Waals surface area contributed by atoms with Crippen LogP contribution < -0.4 is 5.73 Å². The second-order valence-corrected chi connectivity index (χ2v) is 5.46. The highest BCUT2D eigenvalue weighted by molar-refractivity contribution is 5.30. The molecule has 0 aliphatic carbocycles. The average Bonchev–Trinajstić information content (AvgIpc) is 2.45. The van der Waals surface area contributed by atoms with E-state index < -0.39 is 23.2 Å². The van der Waals surface area contributed by atoms with Crippen LogP contribution in [0.1, 0.15) is 51.3 Å². The van der Waals surface area contributed by atoms with Crippen LogP contribution in [0.3, 0.4) is 0 Å². The highest BCUT2D eigenvalue weighted by atomic mass is 19.2. The van der Waals surface area contributed by atoms with Crippen molar-refractivity contribution in [3.63, 3.8) is 0 Å². The van der Waals surface area contributed by atoms with Crippen molar-refractivity contribution >= 4 is 0 Å². The third-order valence-electron chi connectivity index (χ3n) is 4.51. The Morgan fingerprint density at radius 3 is 2.15 bits per heavy atom. The number of nitrogens with two attached hydrogens (primary N) is 1. The summed E-state index contributed by atoms with van der Waals surface area (Å²) in [4.78, 5) is 2.20. The minimum atomic E-state index is -0.815. The van der Waals surface area contributed by atoms with Gasteiger partial charge in [-0.25, -0.2) is 8.78 Å². The summed E-state index contributed by atoms with van der Waals surface area (Å²) in [5.41, 5.74) is 6.47. The van der Waals surface area contributed by atoms with Crippen molar-refractivity contribution in [3.8, 4) is 0 Å². The van der Waals surface area contributed by atoms with Gasteiger partial charge in [0, 0.05) is 11.1 Å². The first-order valence-electron chi connectivity index (χ1n) is 7.28. The van der Waals surface area contributed by atoms with Crippen molar-refractivity contribution in [1.29, 1.82) is 0 Å². The lowest BCUT2D eigenvalue weighted by molar-refractivity contribution is 0.0829. The van der Waals surface area contributed by atoms with Crippen molar-refractivity contribution in [2.24, 2.45) is 5.73 Å². The first kappa shape index (κ1) is 17.1. The van der Waals surface area contributed by atoms with E-state index in [1.54, 1.807) is 19.1 Å². The number of hydrogen-bond acceptors (Lipinski definition) is 2. The van der Waals surface area contributed by atoms with E-state index >= 15 is 0 Å². The van der Waals surface area contributed by atoms with Gasteiger partial charge in [0.15, 0.2) is 11.6 Å². The fourth-order valence-corrected chi connectivity index (χ4v) is 2.82. The van der Waals surface area contributed by atoms with Crippen LogP contribution in [0.2, 0.25) is 0 Å². The Labute approximate surface area is 121 Å². The van der Waals surface area contributed by atoms with Gasteiger partial charge < -0.3 is 5.73 Å². The fraction of sp³-hybridized carbons (Fsp3) is 0.625. The second-order valence-electron chi connectivity index (χ2n) is 5.46. The lowest BCUT2D eigenvalue weighted by atomic mass is 9.83. The van der Waals surface area contributed by atoms with Crippen molar-refractivity contribution in [2.75, 3.05) is 13.1 Å². The van der Waals surface area contributed by atoms with Gasteiger partial charge in [0.2, 0.25) is 0 Å². The standard InChI is InChI=1S/C16H26F2N2/c1-6-16(5,20(7-2)8-3)15(19)12-10-9-11(4)13(17)14(12)18/h9-10,15H,6-8,19H2,1-5H3. The number of benzene rings is 1. The first-order chi connectivity index (χ1) is 9.33. The van der Waals surface area contributed by atoms with Crippen molar-refractivity contribution in [1.82, 2.24) is 4.90 Å². The molecule has 2 nitrogen and oxygen atoms in total. The highest BCUT2D eigenvalue weighted by Crippen LogP contribution is 2.34. The summed E-state index contributed by atoms with van der Waals surface area (Å²) in [5, 5.41) is 0. The summed E-state index contributed by atoms with van der Waals surface area (Å²) in [6, 6.07) is 2.63. The Balaban J connectivity index is 3.27. The van der Waals surface area contributed by atoms with Crippen LogP contribution in [0.5, 0.6) is 0 Å². The molecule has 0 aliphatic rings. The number of hydrogen-bond donors (Lipinski definition) is 1. The molecule has 0 aromatic heterocycles. The van der Waals surface area contributed by atoms with Crippen LogP contribution >= 0.6 is 0 Å². The molecule has 0 heterocycles.